The van der Waals surface area contributed by atoms with Crippen LogP contribution in [0.1, 0.15) is 37.2 Å². The molecular formula is C22H23N3O6S. The van der Waals surface area contributed by atoms with Crippen molar-refractivity contribution in [2.24, 2.45) is 0 Å². The maximum atomic E-state index is 13.4. The van der Waals surface area contributed by atoms with Crippen molar-refractivity contribution >= 4 is 39.0 Å². The summed E-state index contributed by atoms with van der Waals surface area (Å²) < 4.78 is 17.2. The zero-order valence-corrected chi connectivity index (χ0v) is 18.6. The van der Waals surface area contributed by atoms with Crippen LogP contribution in [0.5, 0.6) is 5.75 Å². The minimum atomic E-state index is -0.646. The Bertz CT molecular complexity index is 1190. The third-order valence-electron chi connectivity index (χ3n) is 4.97. The molecule has 9 nitrogen and oxygen atoms in total. The van der Waals surface area contributed by atoms with E-state index in [0.29, 0.717) is 41.5 Å². The van der Waals surface area contributed by atoms with Gasteiger partial charge in [-0.1, -0.05) is 0 Å². The molecule has 1 aliphatic rings. The predicted octanol–water partition coefficient (Wildman–Crippen LogP) is 3.14. The lowest BCUT2D eigenvalue weighted by Crippen LogP contribution is -2.28. The second-order valence-electron chi connectivity index (χ2n) is 7.06. The molecule has 1 aromatic carbocycles. The van der Waals surface area contributed by atoms with Gasteiger partial charge in [-0.2, -0.15) is 9.78 Å². The number of aromatic nitrogens is 2. The van der Waals surface area contributed by atoms with Crippen molar-refractivity contribution < 1.29 is 23.8 Å². The second-order valence-corrected chi connectivity index (χ2v) is 7.94. The Morgan fingerprint density at radius 3 is 2.69 bits per heavy atom. The monoisotopic (exact) mass is 457 g/mol. The summed E-state index contributed by atoms with van der Waals surface area (Å²) in [4.78, 5) is 38.6. The van der Waals surface area contributed by atoms with Crippen molar-refractivity contribution in [1.29, 1.82) is 0 Å². The van der Waals surface area contributed by atoms with Gasteiger partial charge in [-0.05, 0) is 51.0 Å². The second kappa shape index (κ2) is 9.49. The molecule has 3 aromatic rings. The van der Waals surface area contributed by atoms with Gasteiger partial charge >= 0.3 is 5.97 Å². The maximum Gasteiger partial charge on any atom is 0.359 e. The van der Waals surface area contributed by atoms with E-state index in [1.54, 1.807) is 36.6 Å². The van der Waals surface area contributed by atoms with E-state index in [9.17, 15) is 14.4 Å². The van der Waals surface area contributed by atoms with Crippen molar-refractivity contribution in [3.05, 3.63) is 45.7 Å². The number of benzene rings is 1. The Kier molecular flexibility index (Phi) is 6.52. The summed E-state index contributed by atoms with van der Waals surface area (Å²) in [6.07, 6.45) is 0.887. The van der Waals surface area contributed by atoms with Crippen LogP contribution in [0.25, 0.3) is 16.5 Å². The SMILES string of the molecule is CCOC(=O)c1nn(-c2ccc(OCC)cc2)c(=O)c2c(NC(=O)C3CCCO3)scc12. The summed E-state index contributed by atoms with van der Waals surface area (Å²) in [6, 6.07) is 6.79. The first kappa shape index (κ1) is 22.0. The smallest absolute Gasteiger partial charge is 0.359 e. The lowest BCUT2D eigenvalue weighted by atomic mass is 10.2. The third kappa shape index (κ3) is 4.23. The highest BCUT2D eigenvalue weighted by atomic mass is 32.1. The van der Waals surface area contributed by atoms with Gasteiger partial charge in [0.1, 0.15) is 16.9 Å². The molecule has 1 N–H and O–H groups in total. The lowest BCUT2D eigenvalue weighted by Gasteiger charge is -2.12. The first-order chi connectivity index (χ1) is 15.5. The molecule has 1 saturated heterocycles. The molecule has 0 aliphatic carbocycles. The van der Waals surface area contributed by atoms with E-state index in [1.807, 2.05) is 6.92 Å². The Morgan fingerprint density at radius 2 is 2.03 bits per heavy atom. The summed E-state index contributed by atoms with van der Waals surface area (Å²) in [6.45, 7) is 4.78. The molecule has 1 unspecified atom stereocenters. The molecular weight excluding hydrogens is 434 g/mol. The highest BCUT2D eigenvalue weighted by Gasteiger charge is 2.27. The lowest BCUT2D eigenvalue weighted by molar-refractivity contribution is -0.124. The number of fused-ring (bicyclic) bond motifs is 1. The Labute approximate surface area is 187 Å². The van der Waals surface area contributed by atoms with E-state index in [2.05, 4.69) is 10.4 Å². The molecule has 168 valence electrons. The minimum absolute atomic E-state index is 0.00389. The summed E-state index contributed by atoms with van der Waals surface area (Å²) in [5.41, 5.74) is -0.00111. The van der Waals surface area contributed by atoms with E-state index in [4.69, 9.17) is 14.2 Å². The number of hydrogen-bond acceptors (Lipinski definition) is 8. The van der Waals surface area contributed by atoms with Crippen LogP contribution in [0.3, 0.4) is 0 Å². The molecule has 1 fully saturated rings. The fourth-order valence-corrected chi connectivity index (χ4v) is 4.43. The first-order valence-electron chi connectivity index (χ1n) is 10.4. The molecule has 2 aromatic heterocycles. The Hall–Kier alpha value is -3.24. The quantitative estimate of drug-likeness (QED) is 0.543. The normalized spacial score (nSPS) is 15.6. The van der Waals surface area contributed by atoms with Crippen LogP contribution in [0.4, 0.5) is 5.00 Å². The number of anilines is 1. The van der Waals surface area contributed by atoms with Crippen LogP contribution in [-0.2, 0) is 14.3 Å². The Balaban J connectivity index is 1.82. The highest BCUT2D eigenvalue weighted by molar-refractivity contribution is 7.16. The number of carbonyl (C=O) groups is 2. The van der Waals surface area contributed by atoms with Crippen LogP contribution in [0, 0.1) is 0 Å². The minimum Gasteiger partial charge on any atom is -0.494 e. The van der Waals surface area contributed by atoms with Gasteiger partial charge in [0, 0.05) is 17.4 Å². The summed E-state index contributed by atoms with van der Waals surface area (Å²) in [5.74, 6) is -0.309. The van der Waals surface area contributed by atoms with Gasteiger partial charge in [0.15, 0.2) is 5.69 Å². The average molecular weight is 458 g/mol. The topological polar surface area (TPSA) is 109 Å². The standard InChI is InChI=1S/C22H23N3O6S/c1-3-29-14-9-7-13(8-10-14)25-21(27)17-15(18(24-25)22(28)30-4-2)12-32-20(17)23-19(26)16-6-5-11-31-16/h7-10,12,16H,3-6,11H2,1-2H3,(H,23,26). The molecule has 4 rings (SSSR count). The highest BCUT2D eigenvalue weighted by Crippen LogP contribution is 2.31. The fraction of sp³-hybridized carbons (Fsp3) is 0.364. The van der Waals surface area contributed by atoms with Crippen LogP contribution >= 0.6 is 11.3 Å². The number of hydrogen-bond donors (Lipinski definition) is 1. The van der Waals surface area contributed by atoms with Gasteiger partial charge < -0.3 is 19.5 Å². The zero-order chi connectivity index (χ0) is 22.7. The van der Waals surface area contributed by atoms with Crippen molar-refractivity contribution in [3.63, 3.8) is 0 Å². The van der Waals surface area contributed by atoms with Crippen molar-refractivity contribution in [3.8, 4) is 11.4 Å². The molecule has 1 atom stereocenters. The molecule has 0 bridgehead atoms. The van der Waals surface area contributed by atoms with Gasteiger partial charge in [-0.3, -0.25) is 9.59 Å². The van der Waals surface area contributed by atoms with Gasteiger partial charge in [0.05, 0.1) is 24.3 Å². The molecule has 0 spiro atoms. The largest absolute Gasteiger partial charge is 0.494 e. The van der Waals surface area contributed by atoms with E-state index >= 15 is 0 Å². The van der Waals surface area contributed by atoms with Crippen LogP contribution < -0.4 is 15.6 Å². The number of carbonyl (C=O) groups excluding carboxylic acids is 2. The summed E-state index contributed by atoms with van der Waals surface area (Å²) in [7, 11) is 0. The average Bonchev–Trinajstić information content (AvgIpc) is 3.46. The van der Waals surface area contributed by atoms with Crippen LogP contribution in [0.15, 0.2) is 34.4 Å². The summed E-state index contributed by atoms with van der Waals surface area (Å²) >= 11 is 1.16. The number of amides is 1. The van der Waals surface area contributed by atoms with Gasteiger partial charge in [-0.15, -0.1) is 11.3 Å². The predicted molar refractivity (Wildman–Crippen MR) is 120 cm³/mol. The molecule has 1 amide bonds. The van der Waals surface area contributed by atoms with Crippen LogP contribution in [0.2, 0.25) is 0 Å². The number of thiophene rings is 1. The van der Waals surface area contributed by atoms with E-state index in [-0.39, 0.29) is 23.6 Å². The van der Waals surface area contributed by atoms with E-state index in [1.165, 1.54) is 0 Å². The molecule has 0 saturated carbocycles. The van der Waals surface area contributed by atoms with Crippen molar-refractivity contribution in [1.82, 2.24) is 9.78 Å². The number of ether oxygens (including phenoxy) is 3. The molecule has 1 aliphatic heterocycles. The first-order valence-corrected chi connectivity index (χ1v) is 11.3. The van der Waals surface area contributed by atoms with E-state index < -0.39 is 17.6 Å². The third-order valence-corrected chi connectivity index (χ3v) is 5.87. The van der Waals surface area contributed by atoms with Crippen molar-refractivity contribution in [2.75, 3.05) is 25.1 Å². The molecule has 0 radical (unpaired) electrons. The van der Waals surface area contributed by atoms with Gasteiger partial charge in [0.2, 0.25) is 0 Å². The van der Waals surface area contributed by atoms with Gasteiger partial charge in [0.25, 0.3) is 11.5 Å². The number of nitrogens with one attached hydrogen (secondary N) is 1. The molecule has 3 heterocycles. The summed E-state index contributed by atoms with van der Waals surface area (Å²) in [5, 5.41) is 9.60. The fourth-order valence-electron chi connectivity index (χ4n) is 3.49. The van der Waals surface area contributed by atoms with Crippen molar-refractivity contribution in [2.45, 2.75) is 32.8 Å². The maximum absolute atomic E-state index is 13.4. The Morgan fingerprint density at radius 1 is 1.25 bits per heavy atom. The number of rotatable bonds is 7. The van der Waals surface area contributed by atoms with E-state index in [0.717, 1.165) is 22.4 Å². The molecule has 32 heavy (non-hydrogen) atoms. The molecule has 10 heteroatoms. The number of esters is 1. The zero-order valence-electron chi connectivity index (χ0n) is 17.8. The van der Waals surface area contributed by atoms with Crippen LogP contribution in [-0.4, -0.2) is 47.6 Å². The number of nitrogens with zero attached hydrogens (tertiary/aromatic N) is 2. The van der Waals surface area contributed by atoms with Gasteiger partial charge in [-0.25, -0.2) is 4.79 Å².